The summed E-state index contributed by atoms with van der Waals surface area (Å²) in [6.45, 7) is 0. The van der Waals surface area contributed by atoms with Gasteiger partial charge in [-0.2, -0.15) is 0 Å². The Hall–Kier alpha value is -0.0800. The van der Waals surface area contributed by atoms with Gasteiger partial charge in [0.05, 0.1) is 0 Å². The molecular formula is C7H14N2. The van der Waals surface area contributed by atoms with E-state index in [9.17, 15) is 0 Å². The lowest BCUT2D eigenvalue weighted by atomic mass is 9.96. The van der Waals surface area contributed by atoms with Crippen molar-refractivity contribution in [1.29, 1.82) is 0 Å². The molecule has 3 unspecified atom stereocenters. The Morgan fingerprint density at radius 3 is 2.67 bits per heavy atom. The third-order valence-electron chi connectivity index (χ3n) is 2.67. The first kappa shape index (κ1) is 5.69. The molecule has 0 aliphatic carbocycles. The number of likely N-dealkylation sites (N-methyl/N-ethyl adjacent to an activating group) is 1. The Kier molecular flexibility index (Phi) is 1.24. The van der Waals surface area contributed by atoms with Gasteiger partial charge in [-0.1, -0.05) is 0 Å². The molecule has 2 saturated heterocycles. The Morgan fingerprint density at radius 1 is 1.44 bits per heavy atom. The summed E-state index contributed by atoms with van der Waals surface area (Å²) in [6.07, 6.45) is 4.14. The lowest BCUT2D eigenvalue weighted by molar-refractivity contribution is 0.443. The average Bonchev–Trinajstić information content (AvgIpc) is 2.45. The molecular weight excluding hydrogens is 112 g/mol. The van der Waals surface area contributed by atoms with E-state index in [2.05, 4.69) is 17.7 Å². The number of fused-ring (bicyclic) bond motifs is 2. The van der Waals surface area contributed by atoms with Gasteiger partial charge < -0.3 is 10.6 Å². The van der Waals surface area contributed by atoms with Crippen molar-refractivity contribution in [3.8, 4) is 0 Å². The van der Waals surface area contributed by atoms with E-state index in [1.54, 1.807) is 0 Å². The second-order valence-electron chi connectivity index (χ2n) is 3.18. The molecule has 2 nitrogen and oxygen atoms in total. The van der Waals surface area contributed by atoms with E-state index in [1.807, 2.05) is 0 Å². The van der Waals surface area contributed by atoms with E-state index in [0.29, 0.717) is 0 Å². The standard InChI is InChI=1S/C7H14N2/c1-8-7-4-5-2-3-6(7)9-5/h5-9H,2-4H2,1H3. The zero-order chi connectivity index (χ0) is 6.27. The molecule has 2 heterocycles. The molecule has 2 aliphatic rings. The normalized spacial score (nSPS) is 48.3. The van der Waals surface area contributed by atoms with Crippen LogP contribution in [0.3, 0.4) is 0 Å². The first-order valence-corrected chi connectivity index (χ1v) is 3.83. The third kappa shape index (κ3) is 0.775. The fourth-order valence-electron chi connectivity index (χ4n) is 2.14. The molecule has 2 heteroatoms. The SMILES string of the molecule is CNC1CC2CCC1N2. The number of hydrogen-bond donors (Lipinski definition) is 2. The van der Waals surface area contributed by atoms with Crippen LogP contribution in [0.5, 0.6) is 0 Å². The minimum absolute atomic E-state index is 0.767. The summed E-state index contributed by atoms with van der Waals surface area (Å²) >= 11 is 0. The van der Waals surface area contributed by atoms with Gasteiger partial charge in [0.15, 0.2) is 0 Å². The Morgan fingerprint density at radius 2 is 2.33 bits per heavy atom. The maximum absolute atomic E-state index is 3.57. The van der Waals surface area contributed by atoms with Gasteiger partial charge in [-0.05, 0) is 26.3 Å². The number of hydrogen-bond acceptors (Lipinski definition) is 2. The second kappa shape index (κ2) is 1.96. The first-order chi connectivity index (χ1) is 4.40. The van der Waals surface area contributed by atoms with Gasteiger partial charge >= 0.3 is 0 Å². The quantitative estimate of drug-likeness (QED) is 0.520. The number of rotatable bonds is 1. The lowest BCUT2D eigenvalue weighted by Crippen LogP contribution is -2.36. The summed E-state index contributed by atoms with van der Waals surface area (Å²) < 4.78 is 0. The highest BCUT2D eigenvalue weighted by molar-refractivity contribution is 5.00. The van der Waals surface area contributed by atoms with E-state index in [1.165, 1.54) is 19.3 Å². The van der Waals surface area contributed by atoms with Crippen molar-refractivity contribution in [2.45, 2.75) is 37.4 Å². The van der Waals surface area contributed by atoms with Crippen LogP contribution in [0.15, 0.2) is 0 Å². The summed E-state index contributed by atoms with van der Waals surface area (Å²) in [5.74, 6) is 0. The van der Waals surface area contributed by atoms with Gasteiger partial charge in [-0.25, -0.2) is 0 Å². The predicted molar refractivity (Wildman–Crippen MR) is 37.4 cm³/mol. The Labute approximate surface area is 56.0 Å². The molecule has 52 valence electrons. The zero-order valence-corrected chi connectivity index (χ0v) is 5.85. The van der Waals surface area contributed by atoms with Gasteiger partial charge in [-0.15, -0.1) is 0 Å². The van der Waals surface area contributed by atoms with Gasteiger partial charge in [0.1, 0.15) is 0 Å². The van der Waals surface area contributed by atoms with Gasteiger partial charge in [0.2, 0.25) is 0 Å². The predicted octanol–water partition coefficient (Wildman–Crippen LogP) is 0.0987. The highest BCUT2D eigenvalue weighted by Gasteiger charge is 2.37. The van der Waals surface area contributed by atoms with Crippen LogP contribution in [0, 0.1) is 0 Å². The topological polar surface area (TPSA) is 24.1 Å². The molecule has 3 atom stereocenters. The third-order valence-corrected chi connectivity index (χ3v) is 2.67. The van der Waals surface area contributed by atoms with Crippen LogP contribution in [0.1, 0.15) is 19.3 Å². The van der Waals surface area contributed by atoms with Crippen LogP contribution >= 0.6 is 0 Å². The lowest BCUT2D eigenvalue weighted by Gasteiger charge is -2.18. The maximum atomic E-state index is 3.57. The molecule has 2 rings (SSSR count). The van der Waals surface area contributed by atoms with Gasteiger partial charge in [0.25, 0.3) is 0 Å². The molecule has 0 aromatic heterocycles. The van der Waals surface area contributed by atoms with E-state index < -0.39 is 0 Å². The van der Waals surface area contributed by atoms with Crippen molar-refractivity contribution in [3.05, 3.63) is 0 Å². The molecule has 2 fully saturated rings. The monoisotopic (exact) mass is 126 g/mol. The maximum Gasteiger partial charge on any atom is 0.0233 e. The van der Waals surface area contributed by atoms with Crippen LogP contribution in [0.2, 0.25) is 0 Å². The van der Waals surface area contributed by atoms with Crippen molar-refractivity contribution in [3.63, 3.8) is 0 Å². The van der Waals surface area contributed by atoms with Crippen LogP contribution in [0.25, 0.3) is 0 Å². The van der Waals surface area contributed by atoms with E-state index in [4.69, 9.17) is 0 Å². The smallest absolute Gasteiger partial charge is 0.0233 e. The average molecular weight is 126 g/mol. The molecule has 9 heavy (non-hydrogen) atoms. The zero-order valence-electron chi connectivity index (χ0n) is 5.85. The molecule has 0 amide bonds. The van der Waals surface area contributed by atoms with Gasteiger partial charge in [0, 0.05) is 18.1 Å². The second-order valence-corrected chi connectivity index (χ2v) is 3.18. The van der Waals surface area contributed by atoms with Crippen molar-refractivity contribution in [2.75, 3.05) is 7.05 Å². The fraction of sp³-hybridized carbons (Fsp3) is 1.00. The van der Waals surface area contributed by atoms with Crippen molar-refractivity contribution < 1.29 is 0 Å². The number of nitrogens with one attached hydrogen (secondary N) is 2. The molecule has 0 aromatic carbocycles. The van der Waals surface area contributed by atoms with Crippen LogP contribution in [-0.2, 0) is 0 Å². The van der Waals surface area contributed by atoms with Crippen molar-refractivity contribution in [2.24, 2.45) is 0 Å². The first-order valence-electron chi connectivity index (χ1n) is 3.83. The fourth-order valence-corrected chi connectivity index (χ4v) is 2.14. The van der Waals surface area contributed by atoms with Crippen molar-refractivity contribution >= 4 is 0 Å². The van der Waals surface area contributed by atoms with Crippen LogP contribution in [0.4, 0.5) is 0 Å². The molecule has 2 aliphatic heterocycles. The van der Waals surface area contributed by atoms with E-state index in [0.717, 1.165) is 18.1 Å². The van der Waals surface area contributed by atoms with Gasteiger partial charge in [-0.3, -0.25) is 0 Å². The minimum atomic E-state index is 0.767. The molecule has 0 aromatic rings. The summed E-state index contributed by atoms with van der Waals surface area (Å²) in [4.78, 5) is 0. The molecule has 2 N–H and O–H groups in total. The largest absolute Gasteiger partial charge is 0.315 e. The molecule has 2 bridgehead atoms. The molecule has 0 spiro atoms. The van der Waals surface area contributed by atoms with E-state index in [-0.39, 0.29) is 0 Å². The molecule has 0 radical (unpaired) electrons. The molecule has 0 saturated carbocycles. The van der Waals surface area contributed by atoms with Crippen molar-refractivity contribution in [1.82, 2.24) is 10.6 Å². The minimum Gasteiger partial charge on any atom is -0.315 e. The van der Waals surface area contributed by atoms with Crippen LogP contribution in [-0.4, -0.2) is 25.2 Å². The Bertz CT molecular complexity index is 113. The summed E-state index contributed by atoms with van der Waals surface area (Å²) in [7, 11) is 2.06. The highest BCUT2D eigenvalue weighted by Crippen LogP contribution is 2.27. The summed E-state index contributed by atoms with van der Waals surface area (Å²) in [5, 5.41) is 6.90. The summed E-state index contributed by atoms with van der Waals surface area (Å²) in [6, 6.07) is 2.40. The Balaban J connectivity index is 2.01. The highest BCUT2D eigenvalue weighted by atomic mass is 15.1. The summed E-state index contributed by atoms with van der Waals surface area (Å²) in [5.41, 5.74) is 0. The van der Waals surface area contributed by atoms with Crippen LogP contribution < -0.4 is 10.6 Å². The van der Waals surface area contributed by atoms with E-state index >= 15 is 0 Å².